The van der Waals surface area contributed by atoms with E-state index in [1.165, 1.54) is 24.4 Å². The molecule has 0 radical (unpaired) electrons. The van der Waals surface area contributed by atoms with Crippen LogP contribution < -0.4 is 10.6 Å². The lowest BCUT2D eigenvalue weighted by Crippen LogP contribution is -2.13. The molecule has 140 valence electrons. The number of hydrogen-bond acceptors (Lipinski definition) is 4. The van der Waals surface area contributed by atoms with E-state index in [0.29, 0.717) is 17.1 Å². The molecule has 0 atom stereocenters. The van der Waals surface area contributed by atoms with Crippen molar-refractivity contribution in [2.45, 2.75) is 6.18 Å². The van der Waals surface area contributed by atoms with E-state index >= 15 is 0 Å². The maximum absolute atomic E-state index is 12.6. The van der Waals surface area contributed by atoms with Gasteiger partial charge in [-0.05, 0) is 48.5 Å². The Kier molecular flexibility index (Phi) is 5.27. The smallest absolute Gasteiger partial charge is 0.339 e. The second-order valence-corrected chi connectivity index (χ2v) is 5.74. The van der Waals surface area contributed by atoms with Gasteiger partial charge in [0.15, 0.2) is 0 Å². The van der Waals surface area contributed by atoms with E-state index in [4.69, 9.17) is 5.26 Å². The second-order valence-electron chi connectivity index (χ2n) is 5.74. The summed E-state index contributed by atoms with van der Waals surface area (Å²) in [5.41, 5.74) is 0.718. The molecular weight excluding hydrogens is 369 g/mol. The maximum atomic E-state index is 12.6. The minimum atomic E-state index is -4.43. The Bertz CT molecular complexity index is 1020. The number of aromatic nitrogens is 1. The molecular formula is C20H13F3N4O. The minimum absolute atomic E-state index is 0.235. The van der Waals surface area contributed by atoms with Crippen LogP contribution in [0.25, 0.3) is 0 Å². The van der Waals surface area contributed by atoms with Crippen LogP contribution >= 0.6 is 0 Å². The van der Waals surface area contributed by atoms with E-state index in [9.17, 15) is 18.0 Å². The number of halogens is 3. The van der Waals surface area contributed by atoms with E-state index in [1.54, 1.807) is 30.3 Å². The fourth-order valence-corrected chi connectivity index (χ4v) is 2.38. The van der Waals surface area contributed by atoms with Gasteiger partial charge in [-0.25, -0.2) is 4.98 Å². The maximum Gasteiger partial charge on any atom is 0.416 e. The van der Waals surface area contributed by atoms with Gasteiger partial charge in [-0.1, -0.05) is 12.1 Å². The van der Waals surface area contributed by atoms with Crippen LogP contribution in [0.15, 0.2) is 66.9 Å². The summed E-state index contributed by atoms with van der Waals surface area (Å²) in [6.45, 7) is 0. The van der Waals surface area contributed by atoms with Crippen LogP contribution in [-0.4, -0.2) is 10.9 Å². The zero-order valence-corrected chi connectivity index (χ0v) is 14.3. The first kappa shape index (κ1) is 18.9. The van der Waals surface area contributed by atoms with Crippen molar-refractivity contribution in [3.05, 3.63) is 83.6 Å². The summed E-state index contributed by atoms with van der Waals surface area (Å²) in [5, 5.41) is 14.6. The molecule has 0 saturated carbocycles. The number of alkyl halides is 3. The van der Waals surface area contributed by atoms with Gasteiger partial charge < -0.3 is 10.6 Å². The van der Waals surface area contributed by atoms with Crippen molar-refractivity contribution in [1.82, 2.24) is 4.98 Å². The number of carbonyl (C=O) groups is 1. The number of nitriles is 1. The number of hydrogen-bond donors (Lipinski definition) is 2. The summed E-state index contributed by atoms with van der Waals surface area (Å²) in [4.78, 5) is 16.4. The highest BCUT2D eigenvalue weighted by molar-refractivity contribution is 6.04. The van der Waals surface area contributed by atoms with Gasteiger partial charge in [-0.3, -0.25) is 4.79 Å². The lowest BCUT2D eigenvalue weighted by atomic mass is 10.2. The first-order valence-electron chi connectivity index (χ1n) is 8.07. The molecule has 3 aromatic rings. The predicted octanol–water partition coefficient (Wildman–Crippen LogP) is 4.97. The van der Waals surface area contributed by atoms with Crippen LogP contribution in [-0.2, 0) is 6.18 Å². The zero-order valence-electron chi connectivity index (χ0n) is 14.3. The van der Waals surface area contributed by atoms with Crippen LogP contribution in [0.4, 0.5) is 30.4 Å². The fourth-order valence-electron chi connectivity index (χ4n) is 2.38. The molecule has 2 N–H and O–H groups in total. The van der Waals surface area contributed by atoms with Crippen LogP contribution in [0.2, 0.25) is 0 Å². The monoisotopic (exact) mass is 382 g/mol. The number of amides is 1. The average Bonchev–Trinajstić information content (AvgIpc) is 2.68. The van der Waals surface area contributed by atoms with Crippen LogP contribution in [0.3, 0.4) is 0 Å². The number of para-hydroxylation sites is 1. The van der Waals surface area contributed by atoms with Crippen molar-refractivity contribution in [2.75, 3.05) is 10.6 Å². The molecule has 0 unspecified atom stereocenters. The number of benzene rings is 2. The molecule has 1 amide bonds. The highest BCUT2D eigenvalue weighted by Gasteiger charge is 2.30. The van der Waals surface area contributed by atoms with Crippen molar-refractivity contribution in [2.24, 2.45) is 0 Å². The van der Waals surface area contributed by atoms with Gasteiger partial charge in [0, 0.05) is 11.9 Å². The molecule has 8 heteroatoms. The predicted molar refractivity (Wildman–Crippen MR) is 98.1 cm³/mol. The Morgan fingerprint density at radius 1 is 1.00 bits per heavy atom. The first-order valence-corrected chi connectivity index (χ1v) is 8.07. The molecule has 2 aromatic carbocycles. The Morgan fingerprint density at radius 2 is 1.71 bits per heavy atom. The quantitative estimate of drug-likeness (QED) is 0.668. The van der Waals surface area contributed by atoms with Gasteiger partial charge in [-0.15, -0.1) is 0 Å². The van der Waals surface area contributed by atoms with Crippen molar-refractivity contribution >= 4 is 23.1 Å². The van der Waals surface area contributed by atoms with Gasteiger partial charge in [0.2, 0.25) is 0 Å². The standard InChI is InChI=1S/C20H13F3N4O/c21-20(22,23)15-6-8-16(9-7-15)26-19(28)14-5-10-18(25-12-14)27-17-4-2-1-3-13(17)11-24/h1-10,12H,(H,25,27)(H,26,28). The van der Waals surface area contributed by atoms with Crippen molar-refractivity contribution < 1.29 is 18.0 Å². The Labute approximate surface area is 158 Å². The molecule has 28 heavy (non-hydrogen) atoms. The molecule has 0 fully saturated rings. The van der Waals surface area contributed by atoms with Crippen LogP contribution in [0.1, 0.15) is 21.5 Å². The highest BCUT2D eigenvalue weighted by atomic mass is 19.4. The van der Waals surface area contributed by atoms with E-state index < -0.39 is 17.6 Å². The number of carbonyl (C=O) groups excluding carboxylic acids is 1. The lowest BCUT2D eigenvalue weighted by Gasteiger charge is -2.10. The average molecular weight is 382 g/mol. The molecule has 0 spiro atoms. The van der Waals surface area contributed by atoms with Crippen LogP contribution in [0.5, 0.6) is 0 Å². The summed E-state index contributed by atoms with van der Waals surface area (Å²) in [5.74, 6) is -0.0648. The lowest BCUT2D eigenvalue weighted by molar-refractivity contribution is -0.137. The Morgan fingerprint density at radius 3 is 2.32 bits per heavy atom. The number of anilines is 3. The molecule has 3 rings (SSSR count). The number of nitrogens with one attached hydrogen (secondary N) is 2. The van der Waals surface area contributed by atoms with Crippen molar-refractivity contribution in [1.29, 1.82) is 5.26 Å². The van der Waals surface area contributed by atoms with Gasteiger partial charge in [0.25, 0.3) is 5.91 Å². The van der Waals surface area contributed by atoms with Crippen LogP contribution in [0, 0.1) is 11.3 Å². The topological polar surface area (TPSA) is 77.8 Å². The van der Waals surface area contributed by atoms with Gasteiger partial charge in [-0.2, -0.15) is 18.4 Å². The number of pyridine rings is 1. The summed E-state index contributed by atoms with van der Waals surface area (Å²) in [6.07, 6.45) is -3.10. The molecule has 0 saturated heterocycles. The molecule has 0 aliphatic rings. The summed E-state index contributed by atoms with van der Waals surface area (Å²) < 4.78 is 37.7. The summed E-state index contributed by atoms with van der Waals surface area (Å²) >= 11 is 0. The van der Waals surface area contributed by atoms with E-state index in [0.717, 1.165) is 12.1 Å². The third-order valence-electron chi connectivity index (χ3n) is 3.81. The molecule has 1 aromatic heterocycles. The molecule has 0 aliphatic heterocycles. The minimum Gasteiger partial charge on any atom is -0.339 e. The van der Waals surface area contributed by atoms with Gasteiger partial charge in [0.1, 0.15) is 11.9 Å². The van der Waals surface area contributed by atoms with Gasteiger partial charge in [0.05, 0.1) is 22.4 Å². The largest absolute Gasteiger partial charge is 0.416 e. The molecule has 5 nitrogen and oxygen atoms in total. The first-order chi connectivity index (χ1) is 13.4. The highest BCUT2D eigenvalue weighted by Crippen LogP contribution is 2.29. The molecule has 1 heterocycles. The Hall–Kier alpha value is -3.86. The number of rotatable bonds is 4. The SMILES string of the molecule is N#Cc1ccccc1Nc1ccc(C(=O)Nc2ccc(C(F)(F)F)cc2)cn1. The van der Waals surface area contributed by atoms with Crippen molar-refractivity contribution in [3.63, 3.8) is 0 Å². The third kappa shape index (κ3) is 4.45. The van der Waals surface area contributed by atoms with E-state index in [1.807, 2.05) is 0 Å². The fraction of sp³-hybridized carbons (Fsp3) is 0.0500. The second kappa shape index (κ2) is 7.80. The summed E-state index contributed by atoms with van der Waals surface area (Å²) in [7, 11) is 0. The van der Waals surface area contributed by atoms with Gasteiger partial charge >= 0.3 is 6.18 Å². The number of nitrogens with zero attached hydrogens (tertiary/aromatic N) is 2. The summed E-state index contributed by atoms with van der Waals surface area (Å²) in [6, 6.07) is 16.2. The normalized spacial score (nSPS) is 10.8. The Balaban J connectivity index is 1.68. The molecule has 0 bridgehead atoms. The van der Waals surface area contributed by atoms with E-state index in [2.05, 4.69) is 21.7 Å². The zero-order chi connectivity index (χ0) is 20.1. The van der Waals surface area contributed by atoms with E-state index in [-0.39, 0.29) is 11.3 Å². The van der Waals surface area contributed by atoms with Crippen molar-refractivity contribution in [3.8, 4) is 6.07 Å². The third-order valence-corrected chi connectivity index (χ3v) is 3.81. The molecule has 0 aliphatic carbocycles.